The van der Waals surface area contributed by atoms with Crippen LogP contribution >= 0.6 is 0 Å². The predicted octanol–water partition coefficient (Wildman–Crippen LogP) is 2.44. The first-order valence-corrected chi connectivity index (χ1v) is 10.1. The summed E-state index contributed by atoms with van der Waals surface area (Å²) in [5, 5.41) is 2.10. The van der Waals surface area contributed by atoms with Crippen molar-refractivity contribution in [2.75, 3.05) is 20.1 Å². The Morgan fingerprint density at radius 2 is 2.21 bits per heavy atom. The molecule has 4 rings (SSSR count). The van der Waals surface area contributed by atoms with Gasteiger partial charge in [0.15, 0.2) is 0 Å². The fraction of sp³-hybridized carbons (Fsp3) is 0.524. The molecular formula is C21H27FN5O. The molecule has 1 aliphatic carbocycles. The second-order valence-electron chi connectivity index (χ2n) is 7.73. The molecule has 0 aromatic carbocycles. The second kappa shape index (κ2) is 8.09. The number of hydrogen-bond donors (Lipinski definition) is 1. The van der Waals surface area contributed by atoms with Crippen LogP contribution in [0.3, 0.4) is 0 Å². The molecule has 2 aliphatic heterocycles. The first kappa shape index (κ1) is 19.2. The van der Waals surface area contributed by atoms with Crippen molar-refractivity contribution in [1.82, 2.24) is 25.3 Å². The quantitative estimate of drug-likeness (QED) is 0.864. The van der Waals surface area contributed by atoms with Gasteiger partial charge in [0.05, 0.1) is 24.0 Å². The summed E-state index contributed by atoms with van der Waals surface area (Å²) >= 11 is 0. The molecule has 6 nitrogen and oxygen atoms in total. The van der Waals surface area contributed by atoms with Gasteiger partial charge in [0.1, 0.15) is 11.7 Å². The molecule has 1 fully saturated rings. The standard InChI is InChI=1S/C21H27FN5O/c1-3-20(28)27-11-8-16-18(13-27)23-19(12-14-4-6-15(22)7-5-14)24-21(16)17-9-10-26(2)25-17/h4-7,14,17,25H,3,8-13H2,1-2H3. The van der Waals surface area contributed by atoms with Crippen LogP contribution in [-0.4, -0.2) is 45.9 Å². The molecule has 2 atom stereocenters. The van der Waals surface area contributed by atoms with Gasteiger partial charge in [-0.2, -0.15) is 0 Å². The zero-order chi connectivity index (χ0) is 19.7. The number of rotatable bonds is 4. The normalized spacial score (nSPS) is 25.0. The number of allylic oxidation sites excluding steroid dienone is 4. The third-order valence-electron chi connectivity index (χ3n) is 5.68. The molecule has 1 saturated heterocycles. The minimum atomic E-state index is -0.227. The summed E-state index contributed by atoms with van der Waals surface area (Å²) in [6, 6.07) is 0.178. The van der Waals surface area contributed by atoms with Crippen LogP contribution in [0.1, 0.15) is 48.6 Å². The van der Waals surface area contributed by atoms with Gasteiger partial charge < -0.3 is 4.90 Å². The highest BCUT2D eigenvalue weighted by Gasteiger charge is 2.30. The molecule has 149 valence electrons. The number of carbonyl (C=O) groups is 1. The van der Waals surface area contributed by atoms with E-state index in [9.17, 15) is 9.18 Å². The van der Waals surface area contributed by atoms with Gasteiger partial charge in [-0.05, 0) is 37.3 Å². The Labute approximate surface area is 165 Å². The minimum Gasteiger partial charge on any atom is -0.336 e. The number of aromatic nitrogens is 2. The van der Waals surface area contributed by atoms with Crippen molar-refractivity contribution in [3.05, 3.63) is 53.3 Å². The number of amides is 1. The molecule has 1 N–H and O–H groups in total. The monoisotopic (exact) mass is 384 g/mol. The number of hydrogen-bond acceptors (Lipinski definition) is 5. The van der Waals surface area contributed by atoms with Crippen LogP contribution in [0.5, 0.6) is 0 Å². The first-order chi connectivity index (χ1) is 13.5. The van der Waals surface area contributed by atoms with Crippen molar-refractivity contribution in [2.45, 2.75) is 45.2 Å². The van der Waals surface area contributed by atoms with Gasteiger partial charge >= 0.3 is 0 Å². The van der Waals surface area contributed by atoms with E-state index in [0.717, 1.165) is 43.1 Å². The van der Waals surface area contributed by atoms with Gasteiger partial charge in [-0.15, -0.1) is 0 Å². The van der Waals surface area contributed by atoms with Crippen molar-refractivity contribution in [2.24, 2.45) is 5.92 Å². The maximum Gasteiger partial charge on any atom is 0.222 e. The maximum absolute atomic E-state index is 13.2. The average Bonchev–Trinajstić information content (AvgIpc) is 3.14. The topological polar surface area (TPSA) is 61.4 Å². The predicted molar refractivity (Wildman–Crippen MR) is 104 cm³/mol. The Hall–Kier alpha value is -2.12. The van der Waals surface area contributed by atoms with Crippen molar-refractivity contribution < 1.29 is 9.18 Å². The molecule has 1 aromatic rings. The van der Waals surface area contributed by atoms with Crippen LogP contribution < -0.4 is 5.43 Å². The SMILES string of the molecule is CCC(=O)N1CCc2c(nc(CC3[CH]C=C(F)C=C3)nc2C2CCN(C)N2)C1. The lowest BCUT2D eigenvalue weighted by Crippen LogP contribution is -2.38. The van der Waals surface area contributed by atoms with E-state index in [4.69, 9.17) is 9.97 Å². The zero-order valence-electron chi connectivity index (χ0n) is 16.5. The van der Waals surface area contributed by atoms with E-state index in [-0.39, 0.29) is 23.7 Å². The van der Waals surface area contributed by atoms with E-state index in [1.54, 1.807) is 0 Å². The number of fused-ring (bicyclic) bond motifs is 1. The Morgan fingerprint density at radius 3 is 2.89 bits per heavy atom. The number of halogens is 1. The van der Waals surface area contributed by atoms with E-state index in [2.05, 4.69) is 10.4 Å². The Balaban J connectivity index is 1.63. The van der Waals surface area contributed by atoms with Crippen LogP contribution in [0.2, 0.25) is 0 Å². The average molecular weight is 384 g/mol. The van der Waals surface area contributed by atoms with Crippen LogP contribution in [0.15, 0.2) is 24.1 Å². The lowest BCUT2D eigenvalue weighted by molar-refractivity contribution is -0.131. The fourth-order valence-electron chi connectivity index (χ4n) is 4.14. The summed E-state index contributed by atoms with van der Waals surface area (Å²) in [5.74, 6) is 0.782. The highest BCUT2D eigenvalue weighted by Crippen LogP contribution is 2.30. The van der Waals surface area contributed by atoms with Gasteiger partial charge in [0.25, 0.3) is 0 Å². The number of nitrogens with zero attached hydrogens (tertiary/aromatic N) is 4. The van der Waals surface area contributed by atoms with Crippen molar-refractivity contribution in [3.8, 4) is 0 Å². The molecular weight excluding hydrogens is 357 g/mol. The minimum absolute atomic E-state index is 0.0848. The van der Waals surface area contributed by atoms with E-state index in [0.29, 0.717) is 19.4 Å². The van der Waals surface area contributed by atoms with Gasteiger partial charge in [-0.3, -0.25) is 4.79 Å². The fourth-order valence-corrected chi connectivity index (χ4v) is 4.14. The molecule has 1 aromatic heterocycles. The van der Waals surface area contributed by atoms with Gasteiger partial charge in [-0.1, -0.05) is 13.0 Å². The summed E-state index contributed by atoms with van der Waals surface area (Å²) in [6.07, 6.45) is 9.64. The van der Waals surface area contributed by atoms with Gasteiger partial charge in [-0.25, -0.2) is 24.8 Å². The van der Waals surface area contributed by atoms with Crippen LogP contribution in [-0.2, 0) is 24.2 Å². The third kappa shape index (κ3) is 4.00. The van der Waals surface area contributed by atoms with Crippen molar-refractivity contribution in [1.29, 1.82) is 0 Å². The van der Waals surface area contributed by atoms with E-state index in [1.165, 1.54) is 17.7 Å². The molecule has 0 saturated carbocycles. The number of hydrazine groups is 1. The molecule has 0 bridgehead atoms. The van der Waals surface area contributed by atoms with Crippen LogP contribution in [0, 0.1) is 12.3 Å². The Kier molecular flexibility index (Phi) is 5.55. The summed E-state index contributed by atoms with van der Waals surface area (Å²) in [7, 11) is 2.04. The first-order valence-electron chi connectivity index (χ1n) is 10.1. The van der Waals surface area contributed by atoms with Gasteiger partial charge in [0, 0.05) is 38.5 Å². The van der Waals surface area contributed by atoms with Gasteiger partial charge in [0.2, 0.25) is 5.91 Å². The summed E-state index contributed by atoms with van der Waals surface area (Å²) in [4.78, 5) is 23.9. The molecule has 1 amide bonds. The summed E-state index contributed by atoms with van der Waals surface area (Å²) in [6.45, 7) is 4.14. The number of carbonyl (C=O) groups excluding carboxylic acids is 1. The summed E-state index contributed by atoms with van der Waals surface area (Å²) < 4.78 is 13.2. The zero-order valence-corrected chi connectivity index (χ0v) is 16.5. The smallest absolute Gasteiger partial charge is 0.222 e. The molecule has 1 radical (unpaired) electrons. The maximum atomic E-state index is 13.2. The molecule has 3 aliphatic rings. The Bertz CT molecular complexity index is 821. The highest BCUT2D eigenvalue weighted by atomic mass is 19.1. The molecule has 2 unspecified atom stereocenters. The van der Waals surface area contributed by atoms with E-state index < -0.39 is 0 Å². The lowest BCUT2D eigenvalue weighted by atomic mass is 9.94. The van der Waals surface area contributed by atoms with Crippen LogP contribution in [0.25, 0.3) is 0 Å². The molecule has 7 heteroatoms. The molecule has 3 heterocycles. The lowest BCUT2D eigenvalue weighted by Gasteiger charge is -2.30. The van der Waals surface area contributed by atoms with Crippen molar-refractivity contribution >= 4 is 5.91 Å². The second-order valence-corrected chi connectivity index (χ2v) is 7.73. The molecule has 28 heavy (non-hydrogen) atoms. The van der Waals surface area contributed by atoms with E-state index in [1.807, 2.05) is 31.4 Å². The Morgan fingerprint density at radius 1 is 1.36 bits per heavy atom. The van der Waals surface area contributed by atoms with Crippen molar-refractivity contribution in [3.63, 3.8) is 0 Å². The largest absolute Gasteiger partial charge is 0.336 e. The third-order valence-corrected chi connectivity index (χ3v) is 5.68. The highest BCUT2D eigenvalue weighted by molar-refractivity contribution is 5.76. The van der Waals surface area contributed by atoms with Crippen LogP contribution in [0.4, 0.5) is 4.39 Å². The summed E-state index contributed by atoms with van der Waals surface area (Å²) in [5.41, 5.74) is 6.70. The van der Waals surface area contributed by atoms with E-state index >= 15 is 0 Å². The number of nitrogens with one attached hydrogen (secondary N) is 1. The molecule has 0 spiro atoms.